The molecule has 1 saturated heterocycles. The Kier molecular flexibility index (Phi) is 6.11. The molecule has 3 aromatic rings. The van der Waals surface area contributed by atoms with Gasteiger partial charge in [0.2, 0.25) is 0 Å². The van der Waals surface area contributed by atoms with E-state index in [2.05, 4.69) is 52.9 Å². The minimum absolute atomic E-state index is 0.0201. The number of aryl methyl sites for hydroxylation is 1. The van der Waals surface area contributed by atoms with Gasteiger partial charge in [0.1, 0.15) is 5.75 Å². The van der Waals surface area contributed by atoms with Gasteiger partial charge in [0, 0.05) is 29.3 Å². The smallest absolute Gasteiger partial charge is 0.174 e. The number of hydrogen-bond donors (Lipinski definition) is 1. The van der Waals surface area contributed by atoms with Crippen molar-refractivity contribution >= 4 is 23.0 Å². The number of benzene rings is 1. The molecule has 3 heterocycles. The molecule has 5 rings (SSSR count). The molecule has 2 aromatic heterocycles. The first-order valence-corrected chi connectivity index (χ1v) is 12.4. The molecule has 1 saturated carbocycles. The first-order chi connectivity index (χ1) is 16.1. The third-order valence-electron chi connectivity index (χ3n) is 7.06. The summed E-state index contributed by atoms with van der Waals surface area (Å²) in [5.74, 6) is 0.872. The van der Waals surface area contributed by atoms with Gasteiger partial charge in [0.15, 0.2) is 5.11 Å². The number of aromatic nitrogens is 2. The quantitative estimate of drug-likeness (QED) is 0.444. The molecule has 5 nitrogen and oxygen atoms in total. The van der Waals surface area contributed by atoms with Crippen molar-refractivity contribution in [3.63, 3.8) is 0 Å². The molecule has 2 fully saturated rings. The lowest BCUT2D eigenvalue weighted by molar-refractivity contribution is 0.340. The van der Waals surface area contributed by atoms with E-state index in [9.17, 15) is 0 Å². The van der Waals surface area contributed by atoms with E-state index in [1.54, 1.807) is 0 Å². The Balaban J connectivity index is 1.60. The largest absolute Gasteiger partial charge is 0.494 e. The monoisotopic (exact) mass is 460 g/mol. The van der Waals surface area contributed by atoms with Crippen molar-refractivity contribution in [1.82, 2.24) is 14.9 Å². The van der Waals surface area contributed by atoms with E-state index in [0.717, 1.165) is 22.2 Å². The van der Waals surface area contributed by atoms with Crippen LogP contribution in [0, 0.1) is 13.8 Å². The highest BCUT2D eigenvalue weighted by atomic mass is 32.1. The molecular formula is C27H32N4OS. The normalized spacial score (nSPS) is 20.9. The molecule has 6 heteroatoms. The van der Waals surface area contributed by atoms with Gasteiger partial charge in [-0.15, -0.1) is 0 Å². The first-order valence-electron chi connectivity index (χ1n) is 12.0. The number of pyridine rings is 1. The Morgan fingerprint density at radius 1 is 1.09 bits per heavy atom. The van der Waals surface area contributed by atoms with Gasteiger partial charge in [0.05, 0.1) is 24.4 Å². The number of rotatable bonds is 6. The molecule has 172 valence electrons. The van der Waals surface area contributed by atoms with Crippen molar-refractivity contribution in [3.8, 4) is 5.75 Å². The van der Waals surface area contributed by atoms with Gasteiger partial charge in [-0.1, -0.05) is 18.9 Å². The molecule has 2 atom stereocenters. The van der Waals surface area contributed by atoms with E-state index in [0.29, 0.717) is 12.6 Å². The third kappa shape index (κ3) is 4.01. The summed E-state index contributed by atoms with van der Waals surface area (Å²) in [4.78, 5) is 6.95. The van der Waals surface area contributed by atoms with Gasteiger partial charge in [-0.3, -0.25) is 4.98 Å². The molecular weight excluding hydrogens is 428 g/mol. The lowest BCUT2D eigenvalue weighted by Crippen LogP contribution is -2.29. The fourth-order valence-electron chi connectivity index (χ4n) is 5.65. The van der Waals surface area contributed by atoms with E-state index in [-0.39, 0.29) is 12.1 Å². The number of nitrogens with zero attached hydrogens (tertiary/aromatic N) is 3. The molecule has 1 aromatic carbocycles. The Bertz CT molecular complexity index is 1120. The predicted molar refractivity (Wildman–Crippen MR) is 137 cm³/mol. The Labute approximate surface area is 201 Å². The van der Waals surface area contributed by atoms with E-state index in [1.165, 1.54) is 42.6 Å². The molecule has 0 bridgehead atoms. The van der Waals surface area contributed by atoms with Gasteiger partial charge in [-0.05, 0) is 93.9 Å². The second-order valence-corrected chi connectivity index (χ2v) is 9.44. The third-order valence-corrected chi connectivity index (χ3v) is 7.37. The molecule has 0 radical (unpaired) electrons. The fraction of sp³-hybridized carbons (Fsp3) is 0.407. The van der Waals surface area contributed by atoms with Crippen LogP contribution in [0.25, 0.3) is 0 Å². The Morgan fingerprint density at radius 3 is 2.52 bits per heavy atom. The van der Waals surface area contributed by atoms with Gasteiger partial charge in [0.25, 0.3) is 0 Å². The highest BCUT2D eigenvalue weighted by Crippen LogP contribution is 2.45. The highest BCUT2D eigenvalue weighted by Gasteiger charge is 2.42. The van der Waals surface area contributed by atoms with Crippen molar-refractivity contribution < 1.29 is 4.74 Å². The van der Waals surface area contributed by atoms with E-state index >= 15 is 0 Å². The summed E-state index contributed by atoms with van der Waals surface area (Å²) in [7, 11) is 0. The predicted octanol–water partition coefficient (Wildman–Crippen LogP) is 6.19. The Morgan fingerprint density at radius 2 is 1.85 bits per heavy atom. The van der Waals surface area contributed by atoms with Crippen LogP contribution in [0.4, 0.5) is 5.69 Å². The SMILES string of the molecule is CCOc1ccc(N2C(=S)N[C@@H](c3ccccn3)[C@@H]2c2cc(C)n(C3CCCC3)c2C)cc1. The summed E-state index contributed by atoms with van der Waals surface area (Å²) < 4.78 is 8.23. The molecule has 1 aliphatic heterocycles. The van der Waals surface area contributed by atoms with E-state index < -0.39 is 0 Å². The first kappa shape index (κ1) is 22.0. The maximum Gasteiger partial charge on any atom is 0.174 e. The average molecular weight is 461 g/mol. The molecule has 0 spiro atoms. The van der Waals surface area contributed by atoms with Crippen molar-refractivity contribution in [1.29, 1.82) is 0 Å². The minimum Gasteiger partial charge on any atom is -0.494 e. The molecule has 0 unspecified atom stereocenters. The zero-order valence-electron chi connectivity index (χ0n) is 19.6. The van der Waals surface area contributed by atoms with E-state index in [1.807, 2.05) is 37.4 Å². The summed E-state index contributed by atoms with van der Waals surface area (Å²) in [5, 5.41) is 4.31. The summed E-state index contributed by atoms with van der Waals surface area (Å²) in [6.45, 7) is 7.17. The van der Waals surface area contributed by atoms with Gasteiger partial charge in [-0.25, -0.2) is 0 Å². The minimum atomic E-state index is -0.0252. The number of hydrogen-bond acceptors (Lipinski definition) is 3. The van der Waals surface area contributed by atoms with Crippen LogP contribution in [0.15, 0.2) is 54.7 Å². The summed E-state index contributed by atoms with van der Waals surface area (Å²) in [6, 6.07) is 17.3. The average Bonchev–Trinajstić information content (AvgIpc) is 3.53. The molecule has 33 heavy (non-hydrogen) atoms. The number of thiocarbonyl (C=S) groups is 1. The highest BCUT2D eigenvalue weighted by molar-refractivity contribution is 7.80. The molecule has 0 amide bonds. The van der Waals surface area contributed by atoms with Crippen molar-refractivity contribution in [2.24, 2.45) is 0 Å². The zero-order chi connectivity index (χ0) is 22.9. The van der Waals surface area contributed by atoms with Crippen LogP contribution >= 0.6 is 12.2 Å². The topological polar surface area (TPSA) is 42.3 Å². The maximum absolute atomic E-state index is 5.90. The van der Waals surface area contributed by atoms with Crippen LogP contribution in [0.3, 0.4) is 0 Å². The van der Waals surface area contributed by atoms with Crippen LogP contribution < -0.4 is 15.0 Å². The van der Waals surface area contributed by atoms with Crippen molar-refractivity contribution in [2.75, 3.05) is 11.5 Å². The second kappa shape index (κ2) is 9.18. The van der Waals surface area contributed by atoms with Crippen molar-refractivity contribution in [3.05, 3.63) is 77.4 Å². The van der Waals surface area contributed by atoms with Gasteiger partial charge < -0.3 is 19.5 Å². The molecule has 2 aliphatic rings. The number of ether oxygens (including phenoxy) is 1. The lowest BCUT2D eigenvalue weighted by Gasteiger charge is -2.28. The molecule has 1 N–H and O–H groups in total. The summed E-state index contributed by atoms with van der Waals surface area (Å²) in [5.41, 5.74) is 6.05. The molecule has 1 aliphatic carbocycles. The number of anilines is 1. The van der Waals surface area contributed by atoms with Crippen LogP contribution in [0.2, 0.25) is 0 Å². The second-order valence-electron chi connectivity index (χ2n) is 9.06. The fourth-order valence-corrected chi connectivity index (χ4v) is 5.99. The maximum atomic E-state index is 5.90. The van der Waals surface area contributed by atoms with Crippen LogP contribution in [0.1, 0.15) is 73.4 Å². The van der Waals surface area contributed by atoms with Gasteiger partial charge in [-0.2, -0.15) is 0 Å². The summed E-state index contributed by atoms with van der Waals surface area (Å²) >= 11 is 5.90. The lowest BCUT2D eigenvalue weighted by atomic mass is 9.96. The zero-order valence-corrected chi connectivity index (χ0v) is 20.4. The number of nitrogens with one attached hydrogen (secondary N) is 1. The summed E-state index contributed by atoms with van der Waals surface area (Å²) in [6.07, 6.45) is 7.03. The van der Waals surface area contributed by atoms with Crippen LogP contribution in [-0.4, -0.2) is 21.3 Å². The van der Waals surface area contributed by atoms with E-state index in [4.69, 9.17) is 21.9 Å². The Hall–Kier alpha value is -2.86. The standard InChI is InChI=1S/C27H32N4OS/c1-4-32-22-14-12-21(13-15-22)31-26(25(29-27(31)33)24-11-7-8-16-28-24)23-17-18(2)30(19(23)3)20-9-5-6-10-20/h7-8,11-17,20,25-26H,4-6,9-10H2,1-3H3,(H,29,33)/t25-,26-/m0/s1. The van der Waals surface area contributed by atoms with Gasteiger partial charge >= 0.3 is 0 Å². The van der Waals surface area contributed by atoms with Crippen LogP contribution in [0.5, 0.6) is 5.75 Å². The van der Waals surface area contributed by atoms with Crippen LogP contribution in [-0.2, 0) is 0 Å². The van der Waals surface area contributed by atoms with Crippen molar-refractivity contribution in [2.45, 2.75) is 64.6 Å².